The molecule has 100 valence electrons. The second-order valence-electron chi connectivity index (χ2n) is 5.50. The minimum Gasteiger partial charge on any atom is -0.398 e. The van der Waals surface area contributed by atoms with Crippen molar-refractivity contribution in [3.05, 3.63) is 17.0 Å². The van der Waals surface area contributed by atoms with Crippen molar-refractivity contribution >= 4 is 35.4 Å². The minimum absolute atomic E-state index is 0.331. The molecular formula is C12H15BN2O2S2. The van der Waals surface area contributed by atoms with Crippen LogP contribution in [0.3, 0.4) is 0 Å². The average Bonchev–Trinajstić information content (AvgIpc) is 3.00. The van der Waals surface area contributed by atoms with Crippen molar-refractivity contribution in [1.82, 2.24) is 9.97 Å². The molecule has 1 fully saturated rings. The molecule has 0 spiro atoms. The van der Waals surface area contributed by atoms with Gasteiger partial charge in [0.1, 0.15) is 0 Å². The molecule has 0 aromatic carbocycles. The number of hydrogen-bond donors (Lipinski definition) is 0. The molecule has 0 saturated carbocycles. The first kappa shape index (κ1) is 13.2. The summed E-state index contributed by atoms with van der Waals surface area (Å²) in [6.07, 6.45) is 1.79. The first-order valence-corrected chi connectivity index (χ1v) is 7.86. The maximum Gasteiger partial charge on any atom is 0.515 e. The van der Waals surface area contributed by atoms with Gasteiger partial charge in [-0.2, -0.15) is 0 Å². The highest BCUT2D eigenvalue weighted by Crippen LogP contribution is 2.36. The zero-order chi connectivity index (χ0) is 13.7. The van der Waals surface area contributed by atoms with E-state index in [0.29, 0.717) is 0 Å². The van der Waals surface area contributed by atoms with E-state index >= 15 is 0 Å². The van der Waals surface area contributed by atoms with E-state index in [9.17, 15) is 0 Å². The third-order valence-corrected chi connectivity index (χ3v) is 5.41. The van der Waals surface area contributed by atoms with Gasteiger partial charge in [-0.3, -0.25) is 0 Å². The molecule has 0 amide bonds. The Morgan fingerprint density at radius 1 is 1.05 bits per heavy atom. The second kappa shape index (κ2) is 4.38. The Bertz CT molecular complexity index is 564. The van der Waals surface area contributed by atoms with Crippen LogP contribution in [0.15, 0.2) is 17.0 Å². The van der Waals surface area contributed by atoms with Crippen molar-refractivity contribution in [3.8, 4) is 10.0 Å². The fourth-order valence-electron chi connectivity index (χ4n) is 1.79. The Morgan fingerprint density at radius 2 is 1.74 bits per heavy atom. The maximum absolute atomic E-state index is 5.99. The molecule has 3 heterocycles. The van der Waals surface area contributed by atoms with Gasteiger partial charge in [0.2, 0.25) is 0 Å². The Labute approximate surface area is 121 Å². The molecule has 2 aromatic heterocycles. The normalized spacial score (nSPS) is 20.9. The molecule has 1 aliphatic heterocycles. The summed E-state index contributed by atoms with van der Waals surface area (Å²) in [6.45, 7) is 8.17. The van der Waals surface area contributed by atoms with Gasteiger partial charge in [0.25, 0.3) is 0 Å². The number of hydrogen-bond acceptors (Lipinski definition) is 6. The van der Waals surface area contributed by atoms with Crippen LogP contribution >= 0.6 is 22.7 Å². The maximum atomic E-state index is 5.99. The first-order chi connectivity index (χ1) is 8.89. The SMILES string of the molecule is CC1(C)OB(c2csc(-c3nccs3)n2)OC1(C)C. The molecule has 1 saturated heterocycles. The topological polar surface area (TPSA) is 44.2 Å². The van der Waals surface area contributed by atoms with E-state index in [1.54, 1.807) is 28.9 Å². The van der Waals surface area contributed by atoms with Crippen molar-refractivity contribution < 1.29 is 9.31 Å². The largest absolute Gasteiger partial charge is 0.515 e. The Kier molecular flexibility index (Phi) is 3.05. The lowest BCUT2D eigenvalue weighted by molar-refractivity contribution is 0.00578. The number of aromatic nitrogens is 2. The van der Waals surface area contributed by atoms with E-state index < -0.39 is 7.12 Å². The highest BCUT2D eigenvalue weighted by atomic mass is 32.1. The van der Waals surface area contributed by atoms with Crippen LogP contribution in [0.1, 0.15) is 27.7 Å². The lowest BCUT2D eigenvalue weighted by atomic mass is 9.86. The molecule has 7 heteroatoms. The van der Waals surface area contributed by atoms with Crippen molar-refractivity contribution in [1.29, 1.82) is 0 Å². The first-order valence-electron chi connectivity index (χ1n) is 6.10. The second-order valence-corrected chi connectivity index (χ2v) is 7.26. The van der Waals surface area contributed by atoms with Gasteiger partial charge >= 0.3 is 7.12 Å². The standard InChI is InChI=1S/C12H15BN2O2S2/c1-11(2)12(3,4)17-13(16-11)8-7-19-10(15-8)9-14-5-6-18-9/h5-7H,1-4H3. The van der Waals surface area contributed by atoms with E-state index in [1.165, 1.54) is 0 Å². The van der Waals surface area contributed by atoms with Crippen LogP contribution in [0.2, 0.25) is 0 Å². The quantitative estimate of drug-likeness (QED) is 0.799. The predicted octanol–water partition coefficient (Wildman–Crippen LogP) is 2.57. The van der Waals surface area contributed by atoms with Crippen LogP contribution in [-0.4, -0.2) is 28.3 Å². The molecule has 0 aliphatic carbocycles. The summed E-state index contributed by atoms with van der Waals surface area (Å²) in [4.78, 5) is 8.85. The minimum atomic E-state index is -0.394. The van der Waals surface area contributed by atoms with Crippen molar-refractivity contribution in [2.45, 2.75) is 38.9 Å². The van der Waals surface area contributed by atoms with Crippen LogP contribution in [0.25, 0.3) is 10.0 Å². The molecule has 0 bridgehead atoms. The molecule has 1 aliphatic rings. The van der Waals surface area contributed by atoms with Gasteiger partial charge in [-0.1, -0.05) is 0 Å². The molecule has 0 atom stereocenters. The number of rotatable bonds is 2. The monoisotopic (exact) mass is 294 g/mol. The summed E-state index contributed by atoms with van der Waals surface area (Å²) in [6, 6.07) is 0. The van der Waals surface area contributed by atoms with Crippen LogP contribution in [0, 0.1) is 0 Å². The highest BCUT2D eigenvalue weighted by Gasteiger charge is 2.52. The third kappa shape index (κ3) is 2.25. The zero-order valence-electron chi connectivity index (χ0n) is 11.3. The van der Waals surface area contributed by atoms with Gasteiger partial charge < -0.3 is 9.31 Å². The summed E-state index contributed by atoms with van der Waals surface area (Å²) in [5.41, 5.74) is 0.166. The van der Waals surface area contributed by atoms with Crippen molar-refractivity contribution in [3.63, 3.8) is 0 Å². The summed E-state index contributed by atoms with van der Waals surface area (Å²) < 4.78 is 12.0. The van der Waals surface area contributed by atoms with Crippen LogP contribution in [0.5, 0.6) is 0 Å². The molecule has 19 heavy (non-hydrogen) atoms. The third-order valence-electron chi connectivity index (χ3n) is 3.63. The van der Waals surface area contributed by atoms with Crippen molar-refractivity contribution in [2.75, 3.05) is 0 Å². The zero-order valence-corrected chi connectivity index (χ0v) is 13.0. The molecule has 0 N–H and O–H groups in total. The van der Waals surface area contributed by atoms with Gasteiger partial charge in [-0.15, -0.1) is 22.7 Å². The van der Waals surface area contributed by atoms with E-state index in [-0.39, 0.29) is 11.2 Å². The Balaban J connectivity index is 1.85. The van der Waals surface area contributed by atoms with E-state index in [0.717, 1.165) is 15.6 Å². The Hall–Kier alpha value is -0.755. The molecule has 0 unspecified atom stereocenters. The van der Waals surface area contributed by atoms with Crippen LogP contribution < -0.4 is 5.59 Å². The summed E-state index contributed by atoms with van der Waals surface area (Å²) in [7, 11) is -0.394. The summed E-state index contributed by atoms with van der Waals surface area (Å²) >= 11 is 3.16. The van der Waals surface area contributed by atoms with E-state index in [2.05, 4.69) is 9.97 Å². The van der Waals surface area contributed by atoms with Gasteiger partial charge in [-0.25, -0.2) is 9.97 Å². The molecule has 3 rings (SSSR count). The Morgan fingerprint density at radius 3 is 2.32 bits per heavy atom. The van der Waals surface area contributed by atoms with Crippen molar-refractivity contribution in [2.24, 2.45) is 0 Å². The van der Waals surface area contributed by atoms with Gasteiger partial charge in [-0.05, 0) is 27.7 Å². The van der Waals surface area contributed by atoms with E-state index in [4.69, 9.17) is 9.31 Å². The highest BCUT2D eigenvalue weighted by molar-refractivity contribution is 7.20. The van der Waals surface area contributed by atoms with Crippen LogP contribution in [-0.2, 0) is 9.31 Å². The summed E-state index contributed by atoms with van der Waals surface area (Å²) in [5.74, 6) is 0. The molecular weight excluding hydrogens is 279 g/mol. The predicted molar refractivity (Wildman–Crippen MR) is 78.9 cm³/mol. The molecule has 0 radical (unpaired) electrons. The fraction of sp³-hybridized carbons (Fsp3) is 0.500. The van der Waals surface area contributed by atoms with Gasteiger partial charge in [0.05, 0.1) is 16.8 Å². The lowest BCUT2D eigenvalue weighted by Crippen LogP contribution is -2.41. The smallest absolute Gasteiger partial charge is 0.398 e. The number of thiazole rings is 2. The fourth-order valence-corrected chi connectivity index (χ4v) is 3.30. The molecule has 2 aromatic rings. The van der Waals surface area contributed by atoms with Gasteiger partial charge in [0, 0.05) is 17.0 Å². The number of nitrogens with zero attached hydrogens (tertiary/aromatic N) is 2. The van der Waals surface area contributed by atoms with E-state index in [1.807, 2.05) is 38.5 Å². The average molecular weight is 294 g/mol. The van der Waals surface area contributed by atoms with Gasteiger partial charge in [0.15, 0.2) is 10.0 Å². The lowest BCUT2D eigenvalue weighted by Gasteiger charge is -2.32. The van der Waals surface area contributed by atoms with Crippen LogP contribution in [0.4, 0.5) is 0 Å². The summed E-state index contributed by atoms with van der Waals surface area (Å²) in [5, 5.41) is 5.79. The molecule has 4 nitrogen and oxygen atoms in total.